The minimum Gasteiger partial charge on any atom is -0.479 e. The van der Waals surface area contributed by atoms with Crippen molar-refractivity contribution in [2.45, 2.75) is 19.4 Å². The van der Waals surface area contributed by atoms with Crippen LogP contribution in [0.25, 0.3) is 11.3 Å². The molecule has 100 valence electrons. The number of rotatable bonds is 5. The van der Waals surface area contributed by atoms with E-state index >= 15 is 0 Å². The number of nitrogens with zero attached hydrogens (tertiary/aromatic N) is 1. The fraction of sp³-hybridized carbons (Fsp3) is 0.231. The lowest BCUT2D eigenvalue weighted by atomic mass is 10.1. The second kappa shape index (κ2) is 5.71. The molecule has 0 bridgehead atoms. The Labute approximate surface area is 114 Å². The molecule has 1 atom stereocenters. The summed E-state index contributed by atoms with van der Waals surface area (Å²) in [7, 11) is 0. The Bertz CT molecular complexity index is 583. The third-order valence-electron chi connectivity index (χ3n) is 2.58. The molecule has 5 nitrogen and oxygen atoms in total. The van der Waals surface area contributed by atoms with Gasteiger partial charge in [0.2, 0.25) is 0 Å². The van der Waals surface area contributed by atoms with E-state index in [1.807, 2.05) is 11.4 Å². The SMILES string of the molecule is CCC(Oc1cccc(-c2csc(N)n2)c1)C(=O)O. The molecule has 0 fully saturated rings. The average Bonchev–Trinajstić information content (AvgIpc) is 2.82. The molecule has 19 heavy (non-hydrogen) atoms. The second-order valence-corrected chi connectivity index (χ2v) is 4.84. The van der Waals surface area contributed by atoms with Crippen LogP contribution in [0.3, 0.4) is 0 Å². The second-order valence-electron chi connectivity index (χ2n) is 3.95. The summed E-state index contributed by atoms with van der Waals surface area (Å²) in [5, 5.41) is 11.3. The van der Waals surface area contributed by atoms with Gasteiger partial charge in [0.15, 0.2) is 11.2 Å². The lowest BCUT2D eigenvalue weighted by molar-refractivity contribution is -0.145. The third-order valence-corrected chi connectivity index (χ3v) is 3.25. The van der Waals surface area contributed by atoms with Crippen molar-refractivity contribution in [3.63, 3.8) is 0 Å². The van der Waals surface area contributed by atoms with Crippen LogP contribution in [0.15, 0.2) is 29.6 Å². The number of benzene rings is 1. The van der Waals surface area contributed by atoms with E-state index in [0.717, 1.165) is 11.3 Å². The van der Waals surface area contributed by atoms with E-state index in [2.05, 4.69) is 4.98 Å². The van der Waals surface area contributed by atoms with Gasteiger partial charge in [-0.1, -0.05) is 19.1 Å². The van der Waals surface area contributed by atoms with Crippen LogP contribution in [-0.2, 0) is 4.79 Å². The van der Waals surface area contributed by atoms with Gasteiger partial charge < -0.3 is 15.6 Å². The van der Waals surface area contributed by atoms with Crippen LogP contribution in [0.4, 0.5) is 5.13 Å². The number of aliphatic carboxylic acids is 1. The van der Waals surface area contributed by atoms with E-state index in [0.29, 0.717) is 17.3 Å². The smallest absolute Gasteiger partial charge is 0.344 e. The van der Waals surface area contributed by atoms with E-state index in [9.17, 15) is 4.79 Å². The van der Waals surface area contributed by atoms with Crippen molar-refractivity contribution in [2.75, 3.05) is 5.73 Å². The Morgan fingerprint density at radius 2 is 2.37 bits per heavy atom. The number of thiazole rings is 1. The minimum atomic E-state index is -0.967. The molecule has 3 N–H and O–H groups in total. The average molecular weight is 278 g/mol. The molecule has 6 heteroatoms. The highest BCUT2D eigenvalue weighted by Crippen LogP contribution is 2.26. The largest absolute Gasteiger partial charge is 0.479 e. The monoisotopic (exact) mass is 278 g/mol. The number of carbonyl (C=O) groups is 1. The van der Waals surface area contributed by atoms with Gasteiger partial charge in [0.25, 0.3) is 0 Å². The predicted molar refractivity (Wildman–Crippen MR) is 74.3 cm³/mol. The van der Waals surface area contributed by atoms with E-state index in [4.69, 9.17) is 15.6 Å². The third kappa shape index (κ3) is 3.23. The fourth-order valence-electron chi connectivity index (χ4n) is 1.62. The van der Waals surface area contributed by atoms with Crippen LogP contribution in [0.5, 0.6) is 5.75 Å². The molecular weight excluding hydrogens is 264 g/mol. The molecule has 0 radical (unpaired) electrons. The molecule has 0 aliphatic heterocycles. The number of anilines is 1. The van der Waals surface area contributed by atoms with Crippen LogP contribution >= 0.6 is 11.3 Å². The molecule has 0 amide bonds. The zero-order valence-corrected chi connectivity index (χ0v) is 11.2. The molecule has 2 aromatic rings. The molecule has 0 aliphatic rings. The number of ether oxygens (including phenoxy) is 1. The summed E-state index contributed by atoms with van der Waals surface area (Å²) < 4.78 is 5.44. The quantitative estimate of drug-likeness (QED) is 0.878. The molecule has 2 rings (SSSR count). The molecule has 0 saturated heterocycles. The number of carboxylic acid groups (broad SMARTS) is 1. The van der Waals surface area contributed by atoms with Crippen LogP contribution in [0.1, 0.15) is 13.3 Å². The Balaban J connectivity index is 2.22. The van der Waals surface area contributed by atoms with Crippen LogP contribution in [0, 0.1) is 0 Å². The van der Waals surface area contributed by atoms with E-state index in [-0.39, 0.29) is 0 Å². The van der Waals surface area contributed by atoms with Crippen LogP contribution in [-0.4, -0.2) is 22.2 Å². The first-order chi connectivity index (χ1) is 9.10. The van der Waals surface area contributed by atoms with Gasteiger partial charge in [-0.2, -0.15) is 0 Å². The molecule has 1 aromatic carbocycles. The summed E-state index contributed by atoms with van der Waals surface area (Å²) in [6.45, 7) is 1.77. The van der Waals surface area contributed by atoms with Gasteiger partial charge in [-0.25, -0.2) is 9.78 Å². The van der Waals surface area contributed by atoms with Gasteiger partial charge in [-0.3, -0.25) is 0 Å². The summed E-state index contributed by atoms with van der Waals surface area (Å²) in [4.78, 5) is 15.1. The van der Waals surface area contributed by atoms with Gasteiger partial charge in [-0.15, -0.1) is 11.3 Å². The highest BCUT2D eigenvalue weighted by Gasteiger charge is 2.17. The first-order valence-electron chi connectivity index (χ1n) is 5.81. The summed E-state index contributed by atoms with van der Waals surface area (Å²) in [6.07, 6.45) is -0.431. The Kier molecular flexibility index (Phi) is 4.01. The molecule has 0 spiro atoms. The first kappa shape index (κ1) is 13.4. The molecule has 0 saturated carbocycles. The molecular formula is C13H14N2O3S. The molecule has 1 aromatic heterocycles. The van der Waals surface area contributed by atoms with E-state index in [1.54, 1.807) is 25.1 Å². The van der Waals surface area contributed by atoms with Crippen molar-refractivity contribution >= 4 is 22.4 Å². The molecule has 1 unspecified atom stereocenters. The van der Waals surface area contributed by atoms with Crippen molar-refractivity contribution in [1.82, 2.24) is 4.98 Å². The summed E-state index contributed by atoms with van der Waals surface area (Å²) in [5.74, 6) is -0.455. The summed E-state index contributed by atoms with van der Waals surface area (Å²) >= 11 is 1.36. The maximum atomic E-state index is 10.9. The van der Waals surface area contributed by atoms with Crippen molar-refractivity contribution in [3.8, 4) is 17.0 Å². The lowest BCUT2D eigenvalue weighted by Gasteiger charge is -2.13. The highest BCUT2D eigenvalue weighted by molar-refractivity contribution is 7.13. The van der Waals surface area contributed by atoms with E-state index < -0.39 is 12.1 Å². The number of hydrogen-bond donors (Lipinski definition) is 2. The normalized spacial score (nSPS) is 12.1. The van der Waals surface area contributed by atoms with Gasteiger partial charge in [-0.05, 0) is 18.6 Å². The number of nitrogen functional groups attached to an aromatic ring is 1. The standard InChI is InChI=1S/C13H14N2O3S/c1-2-11(12(16)17)18-9-5-3-4-8(6-9)10-7-19-13(14)15-10/h3-7,11H,2H2,1H3,(H2,14,15)(H,16,17). The van der Waals surface area contributed by atoms with Crippen molar-refractivity contribution in [1.29, 1.82) is 0 Å². The van der Waals surface area contributed by atoms with Gasteiger partial charge in [0.05, 0.1) is 5.69 Å². The minimum absolute atomic E-state index is 0.406. The van der Waals surface area contributed by atoms with Crippen molar-refractivity contribution in [2.24, 2.45) is 0 Å². The Morgan fingerprint density at radius 1 is 1.58 bits per heavy atom. The van der Waals surface area contributed by atoms with Crippen LogP contribution < -0.4 is 10.5 Å². The number of hydrogen-bond acceptors (Lipinski definition) is 5. The van der Waals surface area contributed by atoms with Gasteiger partial charge in [0, 0.05) is 10.9 Å². The zero-order valence-electron chi connectivity index (χ0n) is 10.4. The molecule has 1 heterocycles. The number of carboxylic acids is 1. The summed E-state index contributed by atoms with van der Waals surface area (Å²) in [5.41, 5.74) is 7.21. The lowest BCUT2D eigenvalue weighted by Crippen LogP contribution is -2.25. The van der Waals surface area contributed by atoms with Gasteiger partial charge >= 0.3 is 5.97 Å². The van der Waals surface area contributed by atoms with Crippen LogP contribution in [0.2, 0.25) is 0 Å². The maximum Gasteiger partial charge on any atom is 0.344 e. The molecule has 0 aliphatic carbocycles. The Hall–Kier alpha value is -2.08. The van der Waals surface area contributed by atoms with Gasteiger partial charge in [0.1, 0.15) is 5.75 Å². The highest BCUT2D eigenvalue weighted by atomic mass is 32.1. The van der Waals surface area contributed by atoms with Crippen molar-refractivity contribution in [3.05, 3.63) is 29.6 Å². The maximum absolute atomic E-state index is 10.9. The topological polar surface area (TPSA) is 85.4 Å². The zero-order chi connectivity index (χ0) is 13.8. The fourth-order valence-corrected chi connectivity index (χ4v) is 2.19. The van der Waals surface area contributed by atoms with Crippen molar-refractivity contribution < 1.29 is 14.6 Å². The first-order valence-corrected chi connectivity index (χ1v) is 6.69. The van der Waals surface area contributed by atoms with E-state index in [1.165, 1.54) is 11.3 Å². The number of nitrogens with two attached hydrogens (primary N) is 1. The predicted octanol–water partition coefficient (Wildman–Crippen LogP) is 2.63. The Morgan fingerprint density at radius 3 is 2.95 bits per heavy atom. The summed E-state index contributed by atoms with van der Waals surface area (Å²) in [6, 6.07) is 7.17. The number of aromatic nitrogens is 1.